The number of benzene rings is 2. The lowest BCUT2D eigenvalue weighted by Gasteiger charge is -2.06. The zero-order valence-corrected chi connectivity index (χ0v) is 14.0. The van der Waals surface area contributed by atoms with E-state index in [4.69, 9.17) is 28.3 Å². The van der Waals surface area contributed by atoms with Crippen molar-refractivity contribution in [2.24, 2.45) is 5.14 Å². The lowest BCUT2D eigenvalue weighted by Crippen LogP contribution is -2.11. The number of hydrogen-bond acceptors (Lipinski definition) is 3. The standard InChI is InChI=1S/C15H11Cl2N3O2S/c16-10-3-6-12(14(17)7-10)13-8-19-20-15(13)9-1-4-11(5-2-9)23(18,21)22/h1-8H,(H,19,20)(H2,18,21,22). The molecule has 0 bridgehead atoms. The Morgan fingerprint density at radius 2 is 1.70 bits per heavy atom. The largest absolute Gasteiger partial charge is 0.284 e. The predicted octanol–water partition coefficient (Wildman–Crippen LogP) is 3.70. The van der Waals surface area contributed by atoms with Crippen molar-refractivity contribution in [3.05, 3.63) is 58.7 Å². The number of rotatable bonds is 3. The van der Waals surface area contributed by atoms with Gasteiger partial charge in [0.1, 0.15) is 0 Å². The van der Waals surface area contributed by atoms with Crippen molar-refractivity contribution in [3.63, 3.8) is 0 Å². The Labute approximate surface area is 143 Å². The number of aromatic amines is 1. The van der Waals surface area contributed by atoms with E-state index in [1.807, 2.05) is 0 Å². The van der Waals surface area contributed by atoms with Gasteiger partial charge >= 0.3 is 0 Å². The molecule has 3 N–H and O–H groups in total. The van der Waals surface area contributed by atoms with Crippen molar-refractivity contribution in [1.29, 1.82) is 0 Å². The minimum atomic E-state index is -3.73. The molecular weight excluding hydrogens is 357 g/mol. The van der Waals surface area contributed by atoms with Crippen molar-refractivity contribution >= 4 is 33.2 Å². The van der Waals surface area contributed by atoms with Gasteiger partial charge in [-0.3, -0.25) is 5.10 Å². The van der Waals surface area contributed by atoms with Gasteiger partial charge in [-0.05, 0) is 24.3 Å². The van der Waals surface area contributed by atoms with Crippen LogP contribution in [0.5, 0.6) is 0 Å². The third kappa shape index (κ3) is 3.25. The summed E-state index contributed by atoms with van der Waals surface area (Å²) < 4.78 is 22.6. The number of nitrogens with zero attached hydrogens (tertiary/aromatic N) is 1. The van der Waals surface area contributed by atoms with Gasteiger partial charge < -0.3 is 0 Å². The SMILES string of the molecule is NS(=O)(=O)c1ccc(-c2n[nH]cc2-c2ccc(Cl)cc2Cl)cc1. The quantitative estimate of drug-likeness (QED) is 0.739. The number of halogens is 2. The molecule has 0 aliphatic rings. The summed E-state index contributed by atoms with van der Waals surface area (Å²) in [5.74, 6) is 0. The van der Waals surface area contributed by atoms with Crippen LogP contribution in [0.1, 0.15) is 0 Å². The Morgan fingerprint density at radius 3 is 2.30 bits per heavy atom. The number of aromatic nitrogens is 2. The molecule has 0 atom stereocenters. The molecule has 0 spiro atoms. The average molecular weight is 368 g/mol. The third-order valence-corrected chi connectivity index (χ3v) is 4.79. The molecule has 0 radical (unpaired) electrons. The van der Waals surface area contributed by atoms with Crippen LogP contribution >= 0.6 is 23.2 Å². The summed E-state index contributed by atoms with van der Waals surface area (Å²) in [4.78, 5) is 0.0443. The normalized spacial score (nSPS) is 11.6. The summed E-state index contributed by atoms with van der Waals surface area (Å²) in [6.07, 6.45) is 1.72. The molecule has 1 aromatic heterocycles. The molecule has 0 saturated carbocycles. The molecule has 0 aliphatic heterocycles. The van der Waals surface area contributed by atoms with Crippen LogP contribution in [-0.2, 0) is 10.0 Å². The Bertz CT molecular complexity index is 967. The first kappa shape index (κ1) is 16.0. The van der Waals surface area contributed by atoms with E-state index in [1.165, 1.54) is 12.1 Å². The fourth-order valence-electron chi connectivity index (χ4n) is 2.23. The fraction of sp³-hybridized carbons (Fsp3) is 0. The van der Waals surface area contributed by atoms with E-state index in [1.54, 1.807) is 36.5 Å². The first-order chi connectivity index (χ1) is 10.9. The lowest BCUT2D eigenvalue weighted by molar-refractivity contribution is 0.598. The molecule has 1 heterocycles. The van der Waals surface area contributed by atoms with Crippen molar-refractivity contribution < 1.29 is 8.42 Å². The molecule has 5 nitrogen and oxygen atoms in total. The van der Waals surface area contributed by atoms with Crippen molar-refractivity contribution in [2.45, 2.75) is 4.90 Å². The Morgan fingerprint density at radius 1 is 1.00 bits per heavy atom. The van der Waals surface area contributed by atoms with Crippen LogP contribution in [0.4, 0.5) is 0 Å². The molecule has 0 aliphatic carbocycles. The number of nitrogens with two attached hydrogens (primary N) is 1. The van der Waals surface area contributed by atoms with Gasteiger partial charge in [0.25, 0.3) is 0 Å². The Hall–Kier alpha value is -1.86. The number of sulfonamides is 1. The molecule has 2 aromatic carbocycles. The minimum Gasteiger partial charge on any atom is -0.284 e. The van der Waals surface area contributed by atoms with E-state index in [-0.39, 0.29) is 4.90 Å². The number of H-pyrrole nitrogens is 1. The topological polar surface area (TPSA) is 88.8 Å². The second kappa shape index (κ2) is 5.98. The lowest BCUT2D eigenvalue weighted by atomic mass is 10.0. The molecule has 0 amide bonds. The highest BCUT2D eigenvalue weighted by atomic mass is 35.5. The van der Waals surface area contributed by atoms with E-state index in [9.17, 15) is 8.42 Å². The maximum absolute atomic E-state index is 11.3. The van der Waals surface area contributed by atoms with E-state index in [0.29, 0.717) is 15.7 Å². The summed E-state index contributed by atoms with van der Waals surface area (Å²) in [5.41, 5.74) is 2.94. The Balaban J connectivity index is 2.08. The van der Waals surface area contributed by atoms with E-state index in [2.05, 4.69) is 10.2 Å². The molecular formula is C15H11Cl2N3O2S. The van der Waals surface area contributed by atoms with E-state index in [0.717, 1.165) is 16.7 Å². The van der Waals surface area contributed by atoms with Crippen molar-refractivity contribution in [2.75, 3.05) is 0 Å². The molecule has 0 unspecified atom stereocenters. The van der Waals surface area contributed by atoms with Crippen molar-refractivity contribution in [1.82, 2.24) is 10.2 Å². The van der Waals surface area contributed by atoms with Crippen LogP contribution in [0.15, 0.2) is 53.6 Å². The first-order valence-electron chi connectivity index (χ1n) is 6.49. The van der Waals surface area contributed by atoms with Gasteiger partial charge in [-0.1, -0.05) is 41.4 Å². The molecule has 23 heavy (non-hydrogen) atoms. The minimum absolute atomic E-state index is 0.0443. The number of primary sulfonamides is 1. The molecule has 118 valence electrons. The van der Waals surface area contributed by atoms with Crippen molar-refractivity contribution in [3.8, 4) is 22.4 Å². The highest BCUT2D eigenvalue weighted by Gasteiger charge is 2.15. The average Bonchev–Trinajstić information content (AvgIpc) is 2.95. The molecule has 0 saturated heterocycles. The maximum Gasteiger partial charge on any atom is 0.238 e. The number of nitrogens with one attached hydrogen (secondary N) is 1. The highest BCUT2D eigenvalue weighted by molar-refractivity contribution is 7.89. The monoisotopic (exact) mass is 367 g/mol. The predicted molar refractivity (Wildman–Crippen MR) is 90.9 cm³/mol. The molecule has 3 aromatic rings. The van der Waals surface area contributed by atoms with Crippen LogP contribution < -0.4 is 5.14 Å². The van der Waals surface area contributed by atoms with Gasteiger partial charge in [-0.15, -0.1) is 0 Å². The van der Waals surface area contributed by atoms with Gasteiger partial charge in [0.15, 0.2) is 0 Å². The summed E-state index contributed by atoms with van der Waals surface area (Å²) in [5, 5.41) is 13.2. The van der Waals surface area contributed by atoms with Gasteiger partial charge in [0.2, 0.25) is 10.0 Å². The Kier molecular flexibility index (Phi) is 4.16. The second-order valence-corrected chi connectivity index (χ2v) is 7.25. The summed E-state index contributed by atoms with van der Waals surface area (Å²) in [6.45, 7) is 0. The zero-order valence-electron chi connectivity index (χ0n) is 11.6. The smallest absolute Gasteiger partial charge is 0.238 e. The second-order valence-electron chi connectivity index (χ2n) is 4.84. The summed E-state index contributed by atoms with van der Waals surface area (Å²) in [7, 11) is -3.73. The van der Waals surface area contributed by atoms with Gasteiger partial charge in [-0.25, -0.2) is 13.6 Å². The first-order valence-corrected chi connectivity index (χ1v) is 8.79. The fourth-order valence-corrected chi connectivity index (χ4v) is 3.25. The van der Waals surface area contributed by atoms with Crippen LogP contribution in [0.25, 0.3) is 22.4 Å². The maximum atomic E-state index is 11.3. The van der Waals surface area contributed by atoms with Gasteiger partial charge in [-0.2, -0.15) is 5.10 Å². The summed E-state index contributed by atoms with van der Waals surface area (Å²) >= 11 is 12.2. The van der Waals surface area contributed by atoms with Crippen LogP contribution in [0, 0.1) is 0 Å². The molecule has 8 heteroatoms. The van der Waals surface area contributed by atoms with E-state index < -0.39 is 10.0 Å². The zero-order chi connectivity index (χ0) is 16.6. The third-order valence-electron chi connectivity index (χ3n) is 3.32. The van der Waals surface area contributed by atoms with Crippen LogP contribution in [0.2, 0.25) is 10.0 Å². The van der Waals surface area contributed by atoms with E-state index >= 15 is 0 Å². The van der Waals surface area contributed by atoms with Gasteiger partial charge in [0.05, 0.1) is 15.6 Å². The summed E-state index contributed by atoms with van der Waals surface area (Å²) in [6, 6.07) is 11.4. The van der Waals surface area contributed by atoms with Crippen LogP contribution in [0.3, 0.4) is 0 Å². The molecule has 3 rings (SSSR count). The highest BCUT2D eigenvalue weighted by Crippen LogP contribution is 2.35. The molecule has 0 fully saturated rings. The van der Waals surface area contributed by atoms with Gasteiger partial charge in [0, 0.05) is 27.9 Å². The number of hydrogen-bond donors (Lipinski definition) is 2. The van der Waals surface area contributed by atoms with Crippen LogP contribution in [-0.4, -0.2) is 18.6 Å².